The minimum absolute atomic E-state index is 0.0610. The summed E-state index contributed by atoms with van der Waals surface area (Å²) in [5.41, 5.74) is 0.985. The molecule has 0 spiro atoms. The smallest absolute Gasteiger partial charge is 0.235 e. The van der Waals surface area contributed by atoms with E-state index in [0.717, 1.165) is 18.4 Å². The van der Waals surface area contributed by atoms with Gasteiger partial charge in [0.2, 0.25) is 11.8 Å². The lowest BCUT2D eigenvalue weighted by atomic mass is 10.2. The highest BCUT2D eigenvalue weighted by atomic mass is 32.2. The number of hydrogen-bond donors (Lipinski definition) is 0. The maximum atomic E-state index is 12.3. The maximum absolute atomic E-state index is 12.3. The van der Waals surface area contributed by atoms with Crippen LogP contribution in [0.5, 0.6) is 0 Å². The van der Waals surface area contributed by atoms with E-state index in [9.17, 15) is 13.8 Å². The quantitative estimate of drug-likeness (QED) is 0.808. The largest absolute Gasteiger partial charge is 0.339 e. The average Bonchev–Trinajstić information content (AvgIpc) is 3.40. The van der Waals surface area contributed by atoms with E-state index in [1.807, 2.05) is 35.2 Å². The molecule has 1 saturated carbocycles. The molecule has 2 amide bonds. The molecule has 3 rings (SSSR count). The summed E-state index contributed by atoms with van der Waals surface area (Å²) < 4.78 is 12.1. The Morgan fingerprint density at radius 1 is 1.00 bits per heavy atom. The zero-order valence-electron chi connectivity index (χ0n) is 13.1. The van der Waals surface area contributed by atoms with Crippen molar-refractivity contribution >= 4 is 22.6 Å². The first-order valence-electron chi connectivity index (χ1n) is 8.09. The summed E-state index contributed by atoms with van der Waals surface area (Å²) in [6.45, 7) is 2.32. The fourth-order valence-corrected chi connectivity index (χ4v) is 3.93. The van der Waals surface area contributed by atoms with Crippen LogP contribution >= 0.6 is 0 Å². The fourth-order valence-electron chi connectivity index (χ4n) is 2.80. The van der Waals surface area contributed by atoms with Crippen LogP contribution in [0.15, 0.2) is 30.3 Å². The van der Waals surface area contributed by atoms with E-state index in [0.29, 0.717) is 31.9 Å². The molecule has 124 valence electrons. The molecule has 1 aliphatic heterocycles. The zero-order chi connectivity index (χ0) is 16.2. The van der Waals surface area contributed by atoms with Crippen LogP contribution in [0.25, 0.3) is 0 Å². The maximum Gasteiger partial charge on any atom is 0.235 e. The molecule has 0 bridgehead atoms. The van der Waals surface area contributed by atoms with Crippen LogP contribution in [-0.2, 0) is 26.1 Å². The highest BCUT2D eigenvalue weighted by Gasteiger charge is 2.35. The number of rotatable bonds is 5. The van der Waals surface area contributed by atoms with Gasteiger partial charge in [0.1, 0.15) is 5.75 Å². The Labute approximate surface area is 139 Å². The Kier molecular flexibility index (Phi) is 5.10. The molecule has 0 N–H and O–H groups in total. The molecule has 0 unspecified atom stereocenters. The third-order valence-electron chi connectivity index (χ3n) is 4.33. The highest BCUT2D eigenvalue weighted by Crippen LogP contribution is 2.31. The fraction of sp³-hybridized carbons (Fsp3) is 0.529. The van der Waals surface area contributed by atoms with Crippen molar-refractivity contribution in [3.05, 3.63) is 35.9 Å². The Bertz CT molecular complexity index is 593. The lowest BCUT2D eigenvalue weighted by molar-refractivity contribution is -0.139. The average molecular weight is 334 g/mol. The van der Waals surface area contributed by atoms with Crippen LogP contribution in [0.3, 0.4) is 0 Å². The van der Waals surface area contributed by atoms with E-state index in [2.05, 4.69) is 0 Å². The van der Waals surface area contributed by atoms with Gasteiger partial charge in [0, 0.05) is 48.6 Å². The summed E-state index contributed by atoms with van der Waals surface area (Å²) in [7, 11) is -1.19. The summed E-state index contributed by atoms with van der Waals surface area (Å²) >= 11 is 0. The molecule has 2 fully saturated rings. The van der Waals surface area contributed by atoms with Crippen molar-refractivity contribution in [3.63, 3.8) is 0 Å². The standard InChI is InChI=1S/C17H22N2O3S/c20-16(13-23(22)12-14-4-2-1-3-5-14)18-8-10-19(11-9-18)17(21)15-6-7-15/h1-5,15H,6-13H2/t23-/m0/s1. The van der Waals surface area contributed by atoms with Gasteiger partial charge < -0.3 is 9.80 Å². The number of nitrogens with zero attached hydrogens (tertiary/aromatic N) is 2. The molecule has 6 heteroatoms. The van der Waals surface area contributed by atoms with Crippen molar-refractivity contribution in [2.45, 2.75) is 18.6 Å². The molecule has 1 aromatic carbocycles. The SMILES string of the molecule is O=C(C[S@@](=O)Cc1ccccc1)N1CCN(C(=O)C2CC2)CC1. The number of carbonyl (C=O) groups excluding carboxylic acids is 2. The summed E-state index contributed by atoms with van der Waals surface area (Å²) in [6.07, 6.45) is 2.02. The minimum Gasteiger partial charge on any atom is -0.339 e. The molecular weight excluding hydrogens is 312 g/mol. The summed E-state index contributed by atoms with van der Waals surface area (Å²) in [6, 6.07) is 9.57. The Morgan fingerprint density at radius 3 is 2.22 bits per heavy atom. The molecule has 0 radical (unpaired) electrons. The topological polar surface area (TPSA) is 57.7 Å². The Balaban J connectivity index is 1.44. The molecular formula is C17H22N2O3S. The van der Waals surface area contributed by atoms with Gasteiger partial charge >= 0.3 is 0 Å². The summed E-state index contributed by atoms with van der Waals surface area (Å²) in [5, 5.41) is 0. The number of benzene rings is 1. The van der Waals surface area contributed by atoms with Crippen LogP contribution in [0.1, 0.15) is 18.4 Å². The zero-order valence-corrected chi connectivity index (χ0v) is 14.0. The molecule has 23 heavy (non-hydrogen) atoms. The minimum atomic E-state index is -1.19. The number of piperazine rings is 1. The van der Waals surface area contributed by atoms with Gasteiger partial charge in [0.05, 0.1) is 0 Å². The first kappa shape index (κ1) is 16.2. The van der Waals surface area contributed by atoms with Crippen LogP contribution in [0.4, 0.5) is 0 Å². The lowest BCUT2D eigenvalue weighted by Gasteiger charge is -2.34. The van der Waals surface area contributed by atoms with E-state index >= 15 is 0 Å². The van der Waals surface area contributed by atoms with Crippen LogP contribution in [0.2, 0.25) is 0 Å². The Morgan fingerprint density at radius 2 is 1.61 bits per heavy atom. The number of carbonyl (C=O) groups is 2. The van der Waals surface area contributed by atoms with E-state index in [4.69, 9.17) is 0 Å². The van der Waals surface area contributed by atoms with Crippen molar-refractivity contribution in [1.82, 2.24) is 9.80 Å². The predicted molar refractivity (Wildman–Crippen MR) is 89.0 cm³/mol. The van der Waals surface area contributed by atoms with E-state index in [1.165, 1.54) is 0 Å². The second kappa shape index (κ2) is 7.25. The predicted octanol–water partition coefficient (Wildman–Crippen LogP) is 1.02. The number of hydrogen-bond acceptors (Lipinski definition) is 3. The Hall–Kier alpha value is -1.69. The summed E-state index contributed by atoms with van der Waals surface area (Å²) in [4.78, 5) is 27.8. The van der Waals surface area contributed by atoms with Gasteiger partial charge in [-0.3, -0.25) is 13.8 Å². The third-order valence-corrected chi connectivity index (χ3v) is 5.55. The third kappa shape index (κ3) is 4.41. The van der Waals surface area contributed by atoms with Crippen LogP contribution in [0, 0.1) is 5.92 Å². The summed E-state index contributed by atoms with van der Waals surface area (Å²) in [5.74, 6) is 0.871. The second-order valence-corrected chi connectivity index (χ2v) is 7.65. The lowest BCUT2D eigenvalue weighted by Crippen LogP contribution is -2.51. The van der Waals surface area contributed by atoms with E-state index in [-0.39, 0.29) is 23.5 Å². The van der Waals surface area contributed by atoms with Gasteiger partial charge in [-0.2, -0.15) is 0 Å². The van der Waals surface area contributed by atoms with Crippen LogP contribution in [-0.4, -0.2) is 57.8 Å². The van der Waals surface area contributed by atoms with Gasteiger partial charge in [0.15, 0.2) is 0 Å². The van der Waals surface area contributed by atoms with Gasteiger partial charge in [-0.15, -0.1) is 0 Å². The monoisotopic (exact) mass is 334 g/mol. The molecule has 0 aromatic heterocycles. The van der Waals surface area contributed by atoms with Crippen LogP contribution < -0.4 is 0 Å². The second-order valence-electron chi connectivity index (χ2n) is 6.19. The first-order valence-corrected chi connectivity index (χ1v) is 9.58. The molecule has 1 saturated heterocycles. The molecule has 1 aromatic rings. The molecule has 5 nitrogen and oxygen atoms in total. The van der Waals surface area contributed by atoms with Crippen molar-refractivity contribution in [2.75, 3.05) is 31.9 Å². The van der Waals surface area contributed by atoms with Gasteiger partial charge in [0.25, 0.3) is 0 Å². The molecule has 1 heterocycles. The highest BCUT2D eigenvalue weighted by molar-refractivity contribution is 7.84. The van der Waals surface area contributed by atoms with Crippen molar-refractivity contribution < 1.29 is 13.8 Å². The number of amides is 2. The van der Waals surface area contributed by atoms with E-state index in [1.54, 1.807) is 4.90 Å². The van der Waals surface area contributed by atoms with E-state index < -0.39 is 10.8 Å². The molecule has 1 aliphatic carbocycles. The normalized spacial score (nSPS) is 19.5. The van der Waals surface area contributed by atoms with Crippen molar-refractivity contribution in [3.8, 4) is 0 Å². The first-order chi connectivity index (χ1) is 11.1. The van der Waals surface area contributed by atoms with Crippen molar-refractivity contribution in [2.24, 2.45) is 5.92 Å². The van der Waals surface area contributed by atoms with Gasteiger partial charge in [-0.1, -0.05) is 30.3 Å². The molecule has 2 aliphatic rings. The van der Waals surface area contributed by atoms with Gasteiger partial charge in [-0.05, 0) is 18.4 Å². The van der Waals surface area contributed by atoms with Crippen molar-refractivity contribution in [1.29, 1.82) is 0 Å². The molecule has 1 atom stereocenters. The van der Waals surface area contributed by atoms with Gasteiger partial charge in [-0.25, -0.2) is 0 Å².